The molecular formula is C28H24BrN2OP. The summed E-state index contributed by atoms with van der Waals surface area (Å²) in [5.74, 6) is 1.20. The second-order valence-electron chi connectivity index (χ2n) is 7.81. The van der Waals surface area contributed by atoms with Crippen LogP contribution in [-0.4, -0.2) is 10.1 Å². The average molecular weight is 515 g/mol. The lowest BCUT2D eigenvalue weighted by atomic mass is 10.1. The Morgan fingerprint density at radius 1 is 0.636 bits per heavy atom. The summed E-state index contributed by atoms with van der Waals surface area (Å²) in [5, 5.41) is 8.21. The fourth-order valence-electron chi connectivity index (χ4n) is 4.22. The molecular weight excluding hydrogens is 491 g/mol. The standard InChI is InChI=1S/C28H24N2OP.BrH/c1-22-29-28(30-31-22)24-19-17-23(18-20-24)21-32(25-11-5-2-6-12-25,26-13-7-3-8-14-26)27-15-9-4-10-16-27;/h2-20H,21H2,1H3;1H/q+1;/p-1. The highest BCUT2D eigenvalue weighted by Crippen LogP contribution is 2.58. The van der Waals surface area contributed by atoms with Crippen molar-refractivity contribution < 1.29 is 21.5 Å². The van der Waals surface area contributed by atoms with Gasteiger partial charge in [-0.15, -0.1) is 0 Å². The molecule has 0 aliphatic carbocycles. The van der Waals surface area contributed by atoms with Crippen molar-refractivity contribution in [1.29, 1.82) is 0 Å². The Morgan fingerprint density at radius 2 is 1.09 bits per heavy atom. The quantitative estimate of drug-likeness (QED) is 0.327. The molecule has 0 unspecified atom stereocenters. The average Bonchev–Trinajstić information content (AvgIpc) is 3.31. The van der Waals surface area contributed by atoms with Crippen LogP contribution in [0.1, 0.15) is 11.5 Å². The number of halogens is 1. The SMILES string of the molecule is Cc1nc(-c2ccc(C[P+](c3ccccc3)(c3ccccc3)c3ccccc3)cc2)no1.[Br-]. The minimum atomic E-state index is -1.91. The molecule has 5 heteroatoms. The molecule has 5 rings (SSSR count). The van der Waals surface area contributed by atoms with Crippen LogP contribution in [0.4, 0.5) is 0 Å². The molecule has 0 atom stereocenters. The highest BCUT2D eigenvalue weighted by Gasteiger charge is 2.45. The first-order valence-electron chi connectivity index (χ1n) is 10.7. The summed E-state index contributed by atoms with van der Waals surface area (Å²) < 4.78 is 5.15. The summed E-state index contributed by atoms with van der Waals surface area (Å²) in [4.78, 5) is 4.36. The van der Waals surface area contributed by atoms with Crippen LogP contribution in [0.2, 0.25) is 0 Å². The van der Waals surface area contributed by atoms with E-state index in [0.29, 0.717) is 11.7 Å². The van der Waals surface area contributed by atoms with Crippen LogP contribution in [0.3, 0.4) is 0 Å². The number of aryl methyl sites for hydroxylation is 1. The van der Waals surface area contributed by atoms with Gasteiger partial charge in [-0.05, 0) is 42.0 Å². The number of rotatable bonds is 6. The zero-order valence-corrected chi connectivity index (χ0v) is 20.8. The van der Waals surface area contributed by atoms with Crippen LogP contribution in [0, 0.1) is 6.92 Å². The van der Waals surface area contributed by atoms with Gasteiger partial charge in [-0.3, -0.25) is 0 Å². The molecule has 1 aromatic heterocycles. The molecule has 1 heterocycles. The molecule has 0 N–H and O–H groups in total. The molecule has 0 amide bonds. The van der Waals surface area contributed by atoms with Crippen molar-refractivity contribution in [3.63, 3.8) is 0 Å². The first-order chi connectivity index (χ1) is 15.8. The molecule has 0 bridgehead atoms. The maximum Gasteiger partial charge on any atom is 0.223 e. The maximum absolute atomic E-state index is 5.15. The van der Waals surface area contributed by atoms with E-state index in [4.69, 9.17) is 4.52 Å². The van der Waals surface area contributed by atoms with Gasteiger partial charge in [0.05, 0.1) is 6.16 Å². The van der Waals surface area contributed by atoms with Crippen LogP contribution in [-0.2, 0) is 6.16 Å². The van der Waals surface area contributed by atoms with Crippen molar-refractivity contribution in [2.75, 3.05) is 0 Å². The molecule has 0 saturated heterocycles. The Labute approximate surface area is 205 Å². The van der Waals surface area contributed by atoms with Gasteiger partial charge in [-0.2, -0.15) is 4.98 Å². The van der Waals surface area contributed by atoms with Gasteiger partial charge >= 0.3 is 0 Å². The van der Waals surface area contributed by atoms with Gasteiger partial charge in [0.1, 0.15) is 23.2 Å². The number of aromatic nitrogens is 2. The van der Waals surface area contributed by atoms with Gasteiger partial charge in [0, 0.05) is 12.5 Å². The van der Waals surface area contributed by atoms with Crippen LogP contribution >= 0.6 is 7.26 Å². The number of nitrogens with zero attached hydrogens (tertiary/aromatic N) is 2. The zero-order chi connectivity index (χ0) is 21.8. The highest BCUT2D eigenvalue weighted by atomic mass is 79.9. The predicted octanol–water partition coefficient (Wildman–Crippen LogP) is 2.54. The molecule has 0 radical (unpaired) electrons. The number of hydrogen-bond acceptors (Lipinski definition) is 3. The van der Waals surface area contributed by atoms with E-state index >= 15 is 0 Å². The van der Waals surface area contributed by atoms with E-state index in [-0.39, 0.29) is 17.0 Å². The monoisotopic (exact) mass is 514 g/mol. The highest BCUT2D eigenvalue weighted by molar-refractivity contribution is 7.95. The Bertz CT molecular complexity index is 1190. The summed E-state index contributed by atoms with van der Waals surface area (Å²) in [7, 11) is -1.91. The van der Waals surface area contributed by atoms with Crippen molar-refractivity contribution in [3.05, 3.63) is 127 Å². The minimum Gasteiger partial charge on any atom is -1.00 e. The largest absolute Gasteiger partial charge is 1.00 e. The van der Waals surface area contributed by atoms with Gasteiger partial charge in [0.2, 0.25) is 11.7 Å². The van der Waals surface area contributed by atoms with Gasteiger partial charge in [0.15, 0.2) is 0 Å². The van der Waals surface area contributed by atoms with E-state index in [1.807, 2.05) is 6.92 Å². The second kappa shape index (κ2) is 10.2. The number of benzene rings is 4. The summed E-state index contributed by atoms with van der Waals surface area (Å²) in [5.41, 5.74) is 2.26. The molecule has 0 fully saturated rings. The minimum absolute atomic E-state index is 0. The van der Waals surface area contributed by atoms with E-state index < -0.39 is 7.26 Å². The lowest BCUT2D eigenvalue weighted by Gasteiger charge is -2.27. The van der Waals surface area contributed by atoms with Gasteiger partial charge in [-0.1, -0.05) is 84.0 Å². The Hall–Kier alpha value is -3.07. The molecule has 0 saturated carbocycles. The topological polar surface area (TPSA) is 38.9 Å². The van der Waals surface area contributed by atoms with Crippen LogP contribution < -0.4 is 32.9 Å². The molecule has 3 nitrogen and oxygen atoms in total. The Morgan fingerprint density at radius 3 is 1.48 bits per heavy atom. The van der Waals surface area contributed by atoms with Gasteiger partial charge in [-0.25, -0.2) is 0 Å². The summed E-state index contributed by atoms with van der Waals surface area (Å²) in [6.45, 7) is 1.81. The Balaban J connectivity index is 0.00000259. The van der Waals surface area contributed by atoms with E-state index in [2.05, 4.69) is 125 Å². The van der Waals surface area contributed by atoms with Crippen molar-refractivity contribution in [2.24, 2.45) is 0 Å². The molecule has 5 aromatic rings. The van der Waals surface area contributed by atoms with E-state index in [1.165, 1.54) is 21.5 Å². The predicted molar refractivity (Wildman–Crippen MR) is 133 cm³/mol. The lowest BCUT2D eigenvalue weighted by Crippen LogP contribution is -3.00. The van der Waals surface area contributed by atoms with Gasteiger partial charge < -0.3 is 21.5 Å². The molecule has 164 valence electrons. The zero-order valence-electron chi connectivity index (χ0n) is 18.3. The third-order valence-electron chi connectivity index (χ3n) is 5.75. The van der Waals surface area contributed by atoms with E-state index in [1.54, 1.807) is 0 Å². The van der Waals surface area contributed by atoms with Crippen molar-refractivity contribution in [2.45, 2.75) is 13.1 Å². The molecule has 0 aliphatic rings. The fraction of sp³-hybridized carbons (Fsp3) is 0.0714. The normalized spacial score (nSPS) is 11.1. The van der Waals surface area contributed by atoms with Crippen LogP contribution in [0.25, 0.3) is 11.4 Å². The van der Waals surface area contributed by atoms with Crippen LogP contribution in [0.5, 0.6) is 0 Å². The van der Waals surface area contributed by atoms with E-state index in [0.717, 1.165) is 11.7 Å². The number of hydrogen-bond donors (Lipinski definition) is 0. The fourth-order valence-corrected chi connectivity index (χ4v) is 8.46. The summed E-state index contributed by atoms with van der Waals surface area (Å²) in [6, 6.07) is 41.5. The van der Waals surface area contributed by atoms with Crippen LogP contribution in [0.15, 0.2) is 120 Å². The third-order valence-corrected chi connectivity index (χ3v) is 10.1. The molecule has 33 heavy (non-hydrogen) atoms. The molecule has 4 aromatic carbocycles. The second-order valence-corrected chi connectivity index (χ2v) is 11.3. The molecule has 0 aliphatic heterocycles. The van der Waals surface area contributed by atoms with Crippen molar-refractivity contribution >= 4 is 23.2 Å². The summed E-state index contributed by atoms with van der Waals surface area (Å²) in [6.07, 6.45) is 0.941. The molecule has 0 spiro atoms. The first kappa shape index (κ1) is 23.1. The maximum atomic E-state index is 5.15. The van der Waals surface area contributed by atoms with Gasteiger partial charge in [0.25, 0.3) is 0 Å². The first-order valence-corrected chi connectivity index (χ1v) is 12.7. The van der Waals surface area contributed by atoms with Crippen molar-refractivity contribution in [3.8, 4) is 11.4 Å². The Kier molecular flexibility index (Phi) is 7.17. The summed E-state index contributed by atoms with van der Waals surface area (Å²) >= 11 is 0. The van der Waals surface area contributed by atoms with E-state index in [9.17, 15) is 0 Å². The van der Waals surface area contributed by atoms with Crippen molar-refractivity contribution in [1.82, 2.24) is 10.1 Å². The third kappa shape index (κ3) is 4.68. The smallest absolute Gasteiger partial charge is 0.223 e. The lowest BCUT2D eigenvalue weighted by molar-refractivity contribution is -0.00000695.